The van der Waals surface area contributed by atoms with E-state index in [-0.39, 0.29) is 5.69 Å². The molecule has 7 heteroatoms. The van der Waals surface area contributed by atoms with E-state index in [4.69, 9.17) is 4.74 Å². The van der Waals surface area contributed by atoms with Crippen LogP contribution in [0.25, 0.3) is 0 Å². The van der Waals surface area contributed by atoms with Gasteiger partial charge in [0.15, 0.2) is 5.69 Å². The normalized spacial score (nSPS) is 10.4. The monoisotopic (exact) mass is 261 g/mol. The van der Waals surface area contributed by atoms with Crippen molar-refractivity contribution in [2.75, 3.05) is 7.11 Å². The van der Waals surface area contributed by atoms with Crippen molar-refractivity contribution in [3.05, 3.63) is 35.7 Å². The fourth-order valence-electron chi connectivity index (χ4n) is 1.74. The van der Waals surface area contributed by atoms with Crippen LogP contribution in [-0.4, -0.2) is 38.0 Å². The third-order valence-electron chi connectivity index (χ3n) is 2.61. The summed E-state index contributed by atoms with van der Waals surface area (Å²) in [5, 5.41) is 7.87. The fraction of sp³-hybridized carbons (Fsp3) is 0.417. The van der Waals surface area contributed by atoms with Crippen molar-refractivity contribution in [3.8, 4) is 0 Å². The maximum Gasteiger partial charge on any atom is 0.360 e. The molecule has 0 aliphatic rings. The molecule has 0 unspecified atom stereocenters. The predicted molar refractivity (Wildman–Crippen MR) is 66.5 cm³/mol. The molecule has 0 aromatic carbocycles. The Morgan fingerprint density at radius 2 is 2.11 bits per heavy atom. The van der Waals surface area contributed by atoms with Crippen LogP contribution in [0.3, 0.4) is 0 Å². The highest BCUT2D eigenvalue weighted by Crippen LogP contribution is 2.10. The average molecular weight is 261 g/mol. The van der Waals surface area contributed by atoms with Crippen LogP contribution in [0, 0.1) is 0 Å². The van der Waals surface area contributed by atoms with Crippen molar-refractivity contribution in [1.82, 2.24) is 25.0 Å². The molecule has 0 spiro atoms. The second kappa shape index (κ2) is 6.03. The molecule has 0 N–H and O–H groups in total. The van der Waals surface area contributed by atoms with E-state index in [1.165, 1.54) is 7.11 Å². The lowest BCUT2D eigenvalue weighted by molar-refractivity contribution is 0.0592. The van der Waals surface area contributed by atoms with Gasteiger partial charge in [0.25, 0.3) is 0 Å². The van der Waals surface area contributed by atoms with E-state index in [1.54, 1.807) is 23.1 Å². The van der Waals surface area contributed by atoms with Crippen LogP contribution in [0.1, 0.15) is 35.4 Å². The molecule has 19 heavy (non-hydrogen) atoms. The summed E-state index contributed by atoms with van der Waals surface area (Å²) in [6, 6.07) is 1.75. The summed E-state index contributed by atoms with van der Waals surface area (Å²) in [6.45, 7) is 2.41. The van der Waals surface area contributed by atoms with Crippen LogP contribution < -0.4 is 0 Å². The first-order chi connectivity index (χ1) is 9.26. The van der Waals surface area contributed by atoms with Crippen molar-refractivity contribution in [1.29, 1.82) is 0 Å². The third kappa shape index (κ3) is 2.93. The lowest BCUT2D eigenvalue weighted by Crippen LogP contribution is -2.11. The van der Waals surface area contributed by atoms with Gasteiger partial charge in [0.2, 0.25) is 0 Å². The molecule has 0 aliphatic heterocycles. The first kappa shape index (κ1) is 13.1. The fourth-order valence-corrected chi connectivity index (χ4v) is 1.74. The van der Waals surface area contributed by atoms with E-state index < -0.39 is 5.97 Å². The van der Waals surface area contributed by atoms with Crippen molar-refractivity contribution >= 4 is 5.97 Å². The van der Waals surface area contributed by atoms with E-state index in [1.807, 2.05) is 6.92 Å². The molecule has 0 aliphatic carbocycles. The number of carbonyl (C=O) groups is 1. The van der Waals surface area contributed by atoms with Crippen molar-refractivity contribution < 1.29 is 9.53 Å². The van der Waals surface area contributed by atoms with E-state index >= 15 is 0 Å². The highest BCUT2D eigenvalue weighted by Gasteiger charge is 2.19. The number of hydrogen-bond acceptors (Lipinski definition) is 6. The summed E-state index contributed by atoms with van der Waals surface area (Å²) in [7, 11) is 1.33. The summed E-state index contributed by atoms with van der Waals surface area (Å²) in [5.74, 6) is 0.157. The SMILES string of the molecule is CCCc1c(C(=O)OC)nnn1Cc1ncccn1. The number of rotatable bonds is 5. The van der Waals surface area contributed by atoms with Gasteiger partial charge in [0.1, 0.15) is 12.4 Å². The molecular weight excluding hydrogens is 246 g/mol. The quantitative estimate of drug-likeness (QED) is 0.742. The first-order valence-electron chi connectivity index (χ1n) is 6.02. The molecule has 7 nitrogen and oxygen atoms in total. The number of esters is 1. The molecule has 2 rings (SSSR count). The zero-order chi connectivity index (χ0) is 13.7. The van der Waals surface area contributed by atoms with Crippen LogP contribution in [-0.2, 0) is 17.7 Å². The molecule has 0 bridgehead atoms. The van der Waals surface area contributed by atoms with Crippen LogP contribution in [0.2, 0.25) is 0 Å². The Morgan fingerprint density at radius 3 is 2.74 bits per heavy atom. The number of hydrogen-bond donors (Lipinski definition) is 0. The maximum atomic E-state index is 11.6. The zero-order valence-electron chi connectivity index (χ0n) is 10.9. The Hall–Kier alpha value is -2.31. The molecular formula is C12H15N5O2. The van der Waals surface area contributed by atoms with E-state index in [2.05, 4.69) is 20.3 Å². The molecule has 0 fully saturated rings. The molecule has 100 valence electrons. The summed E-state index contributed by atoms with van der Waals surface area (Å²) in [6.07, 6.45) is 4.91. The summed E-state index contributed by atoms with van der Waals surface area (Å²) in [4.78, 5) is 19.9. The molecule has 0 amide bonds. The van der Waals surface area contributed by atoms with Crippen molar-refractivity contribution in [2.45, 2.75) is 26.3 Å². The highest BCUT2D eigenvalue weighted by atomic mass is 16.5. The summed E-state index contributed by atoms with van der Waals surface area (Å²) >= 11 is 0. The predicted octanol–water partition coefficient (Wildman–Crippen LogP) is 0.855. The van der Waals surface area contributed by atoms with Gasteiger partial charge in [-0.05, 0) is 12.5 Å². The van der Waals surface area contributed by atoms with Crippen LogP contribution in [0.15, 0.2) is 18.5 Å². The Morgan fingerprint density at radius 1 is 1.37 bits per heavy atom. The summed E-state index contributed by atoms with van der Waals surface area (Å²) < 4.78 is 6.34. The van der Waals surface area contributed by atoms with Gasteiger partial charge in [-0.2, -0.15) is 0 Å². The maximum absolute atomic E-state index is 11.6. The molecule has 0 saturated heterocycles. The molecule has 2 aromatic rings. The van der Waals surface area contributed by atoms with E-state index in [0.717, 1.165) is 12.1 Å². The minimum atomic E-state index is -0.469. The molecule has 0 atom stereocenters. The zero-order valence-corrected chi connectivity index (χ0v) is 10.9. The van der Waals surface area contributed by atoms with Gasteiger partial charge in [-0.1, -0.05) is 18.6 Å². The highest BCUT2D eigenvalue weighted by molar-refractivity contribution is 5.88. The standard InChI is InChI=1S/C12H15N5O2/c1-3-5-9-11(12(18)19-2)15-16-17(9)8-10-13-6-4-7-14-10/h4,6-7H,3,5,8H2,1-2H3. The van der Waals surface area contributed by atoms with Crippen LogP contribution >= 0.6 is 0 Å². The molecule has 0 radical (unpaired) electrons. The Labute approximate surface area is 110 Å². The third-order valence-corrected chi connectivity index (χ3v) is 2.61. The van der Waals surface area contributed by atoms with Crippen LogP contribution in [0.5, 0.6) is 0 Å². The van der Waals surface area contributed by atoms with Crippen LogP contribution in [0.4, 0.5) is 0 Å². The smallest absolute Gasteiger partial charge is 0.360 e. The van der Waals surface area contributed by atoms with Gasteiger partial charge < -0.3 is 4.74 Å². The van der Waals surface area contributed by atoms with Gasteiger partial charge in [0.05, 0.1) is 12.8 Å². The van der Waals surface area contributed by atoms with Gasteiger partial charge in [0, 0.05) is 12.4 Å². The molecule has 2 heterocycles. The molecule has 2 aromatic heterocycles. The topological polar surface area (TPSA) is 82.8 Å². The minimum absolute atomic E-state index is 0.264. The van der Waals surface area contributed by atoms with Gasteiger partial charge in [-0.3, -0.25) is 0 Å². The largest absolute Gasteiger partial charge is 0.464 e. The van der Waals surface area contributed by atoms with Gasteiger partial charge >= 0.3 is 5.97 Å². The Kier molecular flexibility index (Phi) is 4.17. The second-order valence-electron chi connectivity index (χ2n) is 3.95. The lowest BCUT2D eigenvalue weighted by Gasteiger charge is -2.05. The second-order valence-corrected chi connectivity index (χ2v) is 3.95. The number of aromatic nitrogens is 5. The van der Waals surface area contributed by atoms with E-state index in [9.17, 15) is 4.79 Å². The van der Waals surface area contributed by atoms with E-state index in [0.29, 0.717) is 18.8 Å². The summed E-state index contributed by atoms with van der Waals surface area (Å²) in [5.41, 5.74) is 1.02. The Balaban J connectivity index is 2.30. The van der Waals surface area contributed by atoms with Gasteiger partial charge in [-0.25, -0.2) is 19.4 Å². The lowest BCUT2D eigenvalue weighted by atomic mass is 10.2. The first-order valence-corrected chi connectivity index (χ1v) is 6.02. The van der Waals surface area contributed by atoms with Crippen molar-refractivity contribution in [2.24, 2.45) is 0 Å². The minimum Gasteiger partial charge on any atom is -0.464 e. The van der Waals surface area contributed by atoms with Gasteiger partial charge in [-0.15, -0.1) is 5.10 Å². The Bertz CT molecular complexity index is 553. The average Bonchev–Trinajstić information content (AvgIpc) is 2.83. The van der Waals surface area contributed by atoms with Crippen molar-refractivity contribution in [3.63, 3.8) is 0 Å². The number of carbonyl (C=O) groups excluding carboxylic acids is 1. The number of ether oxygens (including phenoxy) is 1. The molecule has 0 saturated carbocycles. The number of nitrogens with zero attached hydrogens (tertiary/aromatic N) is 5. The number of methoxy groups -OCH3 is 1.